The third-order valence-corrected chi connectivity index (χ3v) is 5.13. The first-order valence-electron chi connectivity index (χ1n) is 8.92. The molecule has 8 nitrogen and oxygen atoms in total. The summed E-state index contributed by atoms with van der Waals surface area (Å²) < 4.78 is 1.22. The van der Waals surface area contributed by atoms with Gasteiger partial charge in [-0.05, 0) is 31.2 Å². The fraction of sp³-hybridized carbons (Fsp3) is 0.263. The van der Waals surface area contributed by atoms with Crippen LogP contribution in [0, 0.1) is 0 Å². The smallest absolute Gasteiger partial charge is 0.272 e. The molecule has 1 aromatic carbocycles. The molecule has 0 saturated carbocycles. The molecular weight excluding hydrogens is 382 g/mol. The molecule has 9 heteroatoms. The molecule has 1 aliphatic heterocycles. The van der Waals surface area contributed by atoms with Gasteiger partial charge in [0, 0.05) is 48.4 Å². The summed E-state index contributed by atoms with van der Waals surface area (Å²) in [6.45, 7) is 3.06. The van der Waals surface area contributed by atoms with Crippen LogP contribution in [0.5, 0.6) is 0 Å². The van der Waals surface area contributed by atoms with Gasteiger partial charge in [-0.3, -0.25) is 19.5 Å². The molecule has 1 saturated heterocycles. The number of benzene rings is 1. The molecule has 3 heterocycles. The second-order valence-corrected chi connectivity index (χ2v) is 7.10. The van der Waals surface area contributed by atoms with Gasteiger partial charge in [0.15, 0.2) is 5.65 Å². The summed E-state index contributed by atoms with van der Waals surface area (Å²) in [7, 11) is 0. The Kier molecular flexibility index (Phi) is 4.64. The van der Waals surface area contributed by atoms with Gasteiger partial charge in [0.2, 0.25) is 5.91 Å². The molecule has 3 aromatic rings. The normalized spacial score (nSPS) is 16.7. The maximum atomic E-state index is 12.7. The number of hydrogen-bond acceptors (Lipinski definition) is 4. The Morgan fingerprint density at radius 2 is 2.07 bits per heavy atom. The predicted molar refractivity (Wildman–Crippen MR) is 105 cm³/mol. The number of carbonyl (C=O) groups is 2. The van der Waals surface area contributed by atoms with Crippen molar-refractivity contribution in [2.75, 3.05) is 18.4 Å². The van der Waals surface area contributed by atoms with E-state index in [4.69, 9.17) is 11.6 Å². The van der Waals surface area contributed by atoms with Gasteiger partial charge in [0.1, 0.15) is 5.56 Å². The molecule has 2 N–H and O–H groups in total. The number of nitrogens with one attached hydrogen (secondary N) is 2. The van der Waals surface area contributed by atoms with E-state index in [9.17, 15) is 14.4 Å². The van der Waals surface area contributed by atoms with Crippen LogP contribution in [-0.2, 0) is 4.79 Å². The highest BCUT2D eigenvalue weighted by atomic mass is 35.5. The molecular formula is C19H18ClN5O3. The molecule has 2 aromatic heterocycles. The van der Waals surface area contributed by atoms with Crippen molar-refractivity contribution in [3.05, 3.63) is 63.2 Å². The Morgan fingerprint density at radius 3 is 2.75 bits per heavy atom. The summed E-state index contributed by atoms with van der Waals surface area (Å²) in [5.74, 6) is -0.515. The topological polar surface area (TPSA) is 99.6 Å². The molecule has 0 bridgehead atoms. The Hall–Kier alpha value is -3.13. The Bertz CT molecular complexity index is 1120. The molecule has 4 rings (SSSR count). The van der Waals surface area contributed by atoms with E-state index in [2.05, 4.69) is 15.4 Å². The zero-order valence-electron chi connectivity index (χ0n) is 15.1. The largest absolute Gasteiger partial charge is 0.342 e. The van der Waals surface area contributed by atoms with E-state index in [1.165, 1.54) is 16.8 Å². The molecule has 0 spiro atoms. The number of fused-ring (bicyclic) bond motifs is 1. The van der Waals surface area contributed by atoms with Crippen molar-refractivity contribution >= 4 is 34.7 Å². The van der Waals surface area contributed by atoms with Gasteiger partial charge < -0.3 is 10.2 Å². The molecule has 2 amide bonds. The Balaban J connectivity index is 1.67. The molecule has 0 radical (unpaired) electrons. The van der Waals surface area contributed by atoms with Crippen LogP contribution in [0.2, 0.25) is 5.02 Å². The monoisotopic (exact) mass is 399 g/mol. The van der Waals surface area contributed by atoms with E-state index in [1.807, 2.05) is 6.92 Å². The summed E-state index contributed by atoms with van der Waals surface area (Å²) in [4.78, 5) is 43.4. The number of aromatic nitrogens is 3. The number of anilines is 1. The first-order chi connectivity index (χ1) is 13.5. The van der Waals surface area contributed by atoms with Crippen molar-refractivity contribution in [1.82, 2.24) is 19.5 Å². The van der Waals surface area contributed by atoms with Crippen LogP contribution in [0.25, 0.3) is 5.65 Å². The van der Waals surface area contributed by atoms with Gasteiger partial charge >= 0.3 is 0 Å². The van der Waals surface area contributed by atoms with Crippen molar-refractivity contribution in [2.45, 2.75) is 19.3 Å². The number of rotatable bonds is 4. The fourth-order valence-corrected chi connectivity index (χ4v) is 3.51. The van der Waals surface area contributed by atoms with Crippen LogP contribution in [0.3, 0.4) is 0 Å². The van der Waals surface area contributed by atoms with Crippen LogP contribution in [0.1, 0.15) is 35.3 Å². The van der Waals surface area contributed by atoms with Crippen molar-refractivity contribution in [3.63, 3.8) is 0 Å². The number of likely N-dealkylation sites (N-methyl/N-ethyl adjacent to an activating group) is 1. The number of H-pyrrole nitrogens is 1. The van der Waals surface area contributed by atoms with Gasteiger partial charge in [0.05, 0.1) is 5.69 Å². The summed E-state index contributed by atoms with van der Waals surface area (Å²) in [5, 5.41) is 6.09. The summed E-state index contributed by atoms with van der Waals surface area (Å²) in [5.41, 5.74) is 1.25. The fourth-order valence-electron chi connectivity index (χ4n) is 3.38. The second kappa shape index (κ2) is 7.12. The Labute approximate surface area is 165 Å². The summed E-state index contributed by atoms with van der Waals surface area (Å²) in [6, 6.07) is 8.13. The van der Waals surface area contributed by atoms with Gasteiger partial charge in [-0.1, -0.05) is 11.6 Å². The maximum Gasteiger partial charge on any atom is 0.272 e. The zero-order valence-corrected chi connectivity index (χ0v) is 15.9. The van der Waals surface area contributed by atoms with E-state index < -0.39 is 5.91 Å². The van der Waals surface area contributed by atoms with Crippen molar-refractivity contribution in [1.29, 1.82) is 0 Å². The molecule has 1 atom stereocenters. The van der Waals surface area contributed by atoms with Crippen molar-refractivity contribution in [2.24, 2.45) is 0 Å². The van der Waals surface area contributed by atoms with Gasteiger partial charge in [0.25, 0.3) is 11.5 Å². The number of likely N-dealkylation sites (tertiary alicyclic amines) is 1. The lowest BCUT2D eigenvalue weighted by molar-refractivity contribution is -0.127. The van der Waals surface area contributed by atoms with Crippen LogP contribution >= 0.6 is 11.6 Å². The van der Waals surface area contributed by atoms with E-state index >= 15 is 0 Å². The predicted octanol–water partition coefficient (Wildman–Crippen LogP) is 2.26. The van der Waals surface area contributed by atoms with E-state index in [1.54, 1.807) is 29.2 Å². The molecule has 1 unspecified atom stereocenters. The van der Waals surface area contributed by atoms with Gasteiger partial charge in [-0.15, -0.1) is 0 Å². The first-order valence-corrected chi connectivity index (χ1v) is 9.30. The number of amides is 2. The van der Waals surface area contributed by atoms with E-state index in [-0.39, 0.29) is 28.6 Å². The lowest BCUT2D eigenvalue weighted by Crippen LogP contribution is -2.24. The average Bonchev–Trinajstić information content (AvgIpc) is 3.27. The second-order valence-electron chi connectivity index (χ2n) is 6.66. The van der Waals surface area contributed by atoms with Crippen LogP contribution in [0.15, 0.2) is 41.3 Å². The van der Waals surface area contributed by atoms with Crippen molar-refractivity contribution < 1.29 is 9.59 Å². The molecule has 1 fully saturated rings. The SMILES string of the molecule is CCN1CC(c2cc(=O)n3[nH]cc(C(=O)Nc4ccc(Cl)cc4)c3n2)CC1=O. The van der Waals surface area contributed by atoms with Gasteiger partial charge in [-0.2, -0.15) is 0 Å². The summed E-state index contributed by atoms with van der Waals surface area (Å²) in [6.07, 6.45) is 1.75. The minimum Gasteiger partial charge on any atom is -0.342 e. The quantitative estimate of drug-likeness (QED) is 0.702. The number of hydrogen-bond donors (Lipinski definition) is 2. The van der Waals surface area contributed by atoms with Crippen LogP contribution in [-0.4, -0.2) is 44.4 Å². The van der Waals surface area contributed by atoms with Crippen LogP contribution < -0.4 is 10.9 Å². The minimum atomic E-state index is -0.400. The summed E-state index contributed by atoms with van der Waals surface area (Å²) >= 11 is 5.86. The maximum absolute atomic E-state index is 12.7. The molecule has 1 aliphatic rings. The Morgan fingerprint density at radius 1 is 1.32 bits per heavy atom. The molecule has 28 heavy (non-hydrogen) atoms. The third-order valence-electron chi connectivity index (χ3n) is 4.88. The van der Waals surface area contributed by atoms with Crippen molar-refractivity contribution in [3.8, 4) is 0 Å². The van der Waals surface area contributed by atoms with Gasteiger partial charge in [-0.25, -0.2) is 9.50 Å². The standard InChI is InChI=1S/C19H18ClN5O3/c1-2-24-10-11(7-16(24)26)15-8-17(27)25-18(23-15)14(9-21-25)19(28)22-13-5-3-12(20)4-6-13/h3-6,8-9,11,21H,2,7,10H2,1H3,(H,22,28). The highest BCUT2D eigenvalue weighted by Gasteiger charge is 2.31. The lowest BCUT2D eigenvalue weighted by atomic mass is 10.0. The van der Waals surface area contributed by atoms with E-state index in [0.29, 0.717) is 35.9 Å². The zero-order chi connectivity index (χ0) is 19.8. The highest BCUT2D eigenvalue weighted by molar-refractivity contribution is 6.30. The lowest BCUT2D eigenvalue weighted by Gasteiger charge is -2.13. The number of aromatic amines is 1. The molecule has 144 valence electrons. The number of halogens is 1. The highest BCUT2D eigenvalue weighted by Crippen LogP contribution is 2.26. The first kappa shape index (κ1) is 18.2. The van der Waals surface area contributed by atoms with E-state index in [0.717, 1.165) is 0 Å². The number of carbonyl (C=O) groups excluding carboxylic acids is 2. The third kappa shape index (κ3) is 3.27. The minimum absolute atomic E-state index is 0.0456. The average molecular weight is 400 g/mol. The molecule has 0 aliphatic carbocycles. The number of nitrogens with zero attached hydrogens (tertiary/aromatic N) is 3. The van der Waals surface area contributed by atoms with Crippen LogP contribution in [0.4, 0.5) is 5.69 Å².